The highest BCUT2D eigenvalue weighted by molar-refractivity contribution is 5.91. The van der Waals surface area contributed by atoms with E-state index in [0.29, 0.717) is 0 Å². The largest absolute Gasteiger partial charge is 0.454 e. The Labute approximate surface area is 86.1 Å². The number of rotatable bonds is 1. The molecule has 1 aromatic carbocycles. The first-order chi connectivity index (χ1) is 7.38. The summed E-state index contributed by atoms with van der Waals surface area (Å²) in [7, 11) is 1.83. The second-order valence-corrected chi connectivity index (χ2v) is 3.19. The monoisotopic (exact) mass is 203 g/mol. The highest BCUT2D eigenvalue weighted by Gasteiger charge is 2.15. The Kier molecular flexibility index (Phi) is 1.65. The molecule has 0 saturated heterocycles. The van der Waals surface area contributed by atoms with Gasteiger partial charge in [0, 0.05) is 18.5 Å². The molecule has 2 heterocycles. The molecule has 0 bridgehead atoms. The molecule has 3 rings (SSSR count). The predicted octanol–water partition coefficient (Wildman–Crippen LogP) is 1.40. The molecule has 15 heavy (non-hydrogen) atoms. The fourth-order valence-corrected chi connectivity index (χ4v) is 1.65. The molecule has 1 N–H and O–H groups in total. The van der Waals surface area contributed by atoms with Crippen molar-refractivity contribution in [3.8, 4) is 11.5 Å². The summed E-state index contributed by atoms with van der Waals surface area (Å²) in [5.41, 5.74) is 0.846. The Bertz CT molecular complexity index is 527. The van der Waals surface area contributed by atoms with E-state index < -0.39 is 0 Å². The van der Waals surface area contributed by atoms with Crippen LogP contribution in [0.5, 0.6) is 11.5 Å². The number of nitrogens with one attached hydrogen (secondary N) is 1. The third-order valence-corrected chi connectivity index (χ3v) is 2.37. The fourth-order valence-electron chi connectivity index (χ4n) is 1.65. The topological polar surface area (TPSA) is 56.3 Å². The Morgan fingerprint density at radius 2 is 2.00 bits per heavy atom. The summed E-state index contributed by atoms with van der Waals surface area (Å²) in [5, 5.41) is 3.95. The van der Waals surface area contributed by atoms with E-state index in [0.717, 1.165) is 28.2 Å². The van der Waals surface area contributed by atoms with Gasteiger partial charge in [-0.15, -0.1) is 0 Å². The number of aromatic nitrogens is 2. The molecule has 0 saturated carbocycles. The quantitative estimate of drug-likeness (QED) is 0.759. The Balaban J connectivity index is 2.33. The van der Waals surface area contributed by atoms with Crippen molar-refractivity contribution in [1.82, 2.24) is 9.97 Å². The van der Waals surface area contributed by atoms with Crippen molar-refractivity contribution in [2.45, 2.75) is 0 Å². The van der Waals surface area contributed by atoms with E-state index in [1.807, 2.05) is 19.2 Å². The van der Waals surface area contributed by atoms with E-state index in [2.05, 4.69) is 15.3 Å². The first-order valence-electron chi connectivity index (χ1n) is 4.60. The first-order valence-corrected chi connectivity index (χ1v) is 4.60. The molecule has 0 atom stereocenters. The van der Waals surface area contributed by atoms with Crippen LogP contribution in [-0.2, 0) is 0 Å². The Morgan fingerprint density at radius 3 is 2.80 bits per heavy atom. The lowest BCUT2D eigenvalue weighted by atomic mass is 10.2. The van der Waals surface area contributed by atoms with Crippen molar-refractivity contribution in [3.05, 3.63) is 18.5 Å². The highest BCUT2D eigenvalue weighted by Crippen LogP contribution is 2.36. The predicted molar refractivity (Wildman–Crippen MR) is 55.2 cm³/mol. The lowest BCUT2D eigenvalue weighted by molar-refractivity contribution is 0.174. The number of nitrogens with zero attached hydrogens (tertiary/aromatic N) is 2. The summed E-state index contributed by atoms with van der Waals surface area (Å²) in [5.74, 6) is 2.27. The van der Waals surface area contributed by atoms with Crippen LogP contribution in [0, 0.1) is 0 Å². The number of ether oxygens (including phenoxy) is 2. The molecule has 5 nitrogen and oxygen atoms in total. The van der Waals surface area contributed by atoms with Gasteiger partial charge in [0.05, 0.1) is 5.52 Å². The van der Waals surface area contributed by atoms with Crippen LogP contribution < -0.4 is 14.8 Å². The van der Waals surface area contributed by atoms with Gasteiger partial charge < -0.3 is 14.8 Å². The van der Waals surface area contributed by atoms with Crippen molar-refractivity contribution in [1.29, 1.82) is 0 Å². The average Bonchev–Trinajstić information content (AvgIpc) is 2.72. The number of hydrogen-bond acceptors (Lipinski definition) is 5. The number of anilines is 1. The molecule has 0 unspecified atom stereocenters. The van der Waals surface area contributed by atoms with Crippen LogP contribution in [0.3, 0.4) is 0 Å². The zero-order valence-corrected chi connectivity index (χ0v) is 8.15. The number of hydrogen-bond donors (Lipinski definition) is 1. The van der Waals surface area contributed by atoms with E-state index >= 15 is 0 Å². The van der Waals surface area contributed by atoms with Gasteiger partial charge in [-0.1, -0.05) is 0 Å². The van der Waals surface area contributed by atoms with E-state index in [4.69, 9.17) is 9.47 Å². The zero-order valence-electron chi connectivity index (χ0n) is 8.15. The minimum absolute atomic E-state index is 0.272. The van der Waals surface area contributed by atoms with Crippen molar-refractivity contribution < 1.29 is 9.47 Å². The summed E-state index contributed by atoms with van der Waals surface area (Å²) in [4.78, 5) is 8.31. The summed E-state index contributed by atoms with van der Waals surface area (Å²) in [6.45, 7) is 0.272. The van der Waals surface area contributed by atoms with Crippen molar-refractivity contribution in [3.63, 3.8) is 0 Å². The summed E-state index contributed by atoms with van der Waals surface area (Å²) in [6, 6.07) is 3.75. The van der Waals surface area contributed by atoms with Crippen molar-refractivity contribution in [2.75, 3.05) is 19.2 Å². The maximum absolute atomic E-state index is 5.30. The van der Waals surface area contributed by atoms with Crippen molar-refractivity contribution >= 4 is 16.7 Å². The standard InChI is InChI=1S/C10H9N3O2/c1-11-10-6-2-8-9(15-5-14-8)3-7(6)12-4-13-10/h2-4H,5H2,1H3,(H,11,12,13). The van der Waals surface area contributed by atoms with Crippen LogP contribution in [0.1, 0.15) is 0 Å². The van der Waals surface area contributed by atoms with Gasteiger partial charge in [-0.2, -0.15) is 0 Å². The molecule has 76 valence electrons. The summed E-state index contributed by atoms with van der Waals surface area (Å²) in [6.07, 6.45) is 1.52. The molecule has 1 aliphatic heterocycles. The van der Waals surface area contributed by atoms with Gasteiger partial charge in [0.1, 0.15) is 12.1 Å². The van der Waals surface area contributed by atoms with E-state index in [1.54, 1.807) is 0 Å². The molecule has 2 aromatic rings. The highest BCUT2D eigenvalue weighted by atomic mass is 16.7. The lowest BCUT2D eigenvalue weighted by Gasteiger charge is -2.04. The fraction of sp³-hybridized carbons (Fsp3) is 0.200. The minimum atomic E-state index is 0.272. The Morgan fingerprint density at radius 1 is 1.20 bits per heavy atom. The van der Waals surface area contributed by atoms with E-state index in [1.165, 1.54) is 6.33 Å². The molecular weight excluding hydrogens is 194 g/mol. The second kappa shape index (κ2) is 2.98. The molecule has 0 spiro atoms. The van der Waals surface area contributed by atoms with Crippen LogP contribution >= 0.6 is 0 Å². The van der Waals surface area contributed by atoms with Gasteiger partial charge in [0.15, 0.2) is 11.5 Å². The van der Waals surface area contributed by atoms with E-state index in [9.17, 15) is 0 Å². The van der Waals surface area contributed by atoms with Gasteiger partial charge in [-0.25, -0.2) is 9.97 Å². The van der Waals surface area contributed by atoms with Crippen molar-refractivity contribution in [2.24, 2.45) is 0 Å². The normalized spacial score (nSPS) is 13.1. The van der Waals surface area contributed by atoms with E-state index in [-0.39, 0.29) is 6.79 Å². The molecule has 1 aromatic heterocycles. The third kappa shape index (κ3) is 1.16. The Hall–Kier alpha value is -2.04. The molecule has 0 radical (unpaired) electrons. The maximum atomic E-state index is 5.30. The minimum Gasteiger partial charge on any atom is -0.454 e. The van der Waals surface area contributed by atoms with Crippen LogP contribution in [0.15, 0.2) is 18.5 Å². The van der Waals surface area contributed by atoms with Crippen LogP contribution in [0.25, 0.3) is 10.9 Å². The summed E-state index contributed by atoms with van der Waals surface area (Å²) >= 11 is 0. The molecule has 1 aliphatic rings. The van der Waals surface area contributed by atoms with Gasteiger partial charge in [0.2, 0.25) is 6.79 Å². The SMILES string of the molecule is CNc1ncnc2cc3c(cc12)OCO3. The maximum Gasteiger partial charge on any atom is 0.231 e. The first kappa shape index (κ1) is 8.28. The summed E-state index contributed by atoms with van der Waals surface area (Å²) < 4.78 is 10.6. The second-order valence-electron chi connectivity index (χ2n) is 3.19. The lowest BCUT2D eigenvalue weighted by Crippen LogP contribution is -1.94. The molecule has 0 aliphatic carbocycles. The molecular formula is C10H9N3O2. The number of benzene rings is 1. The van der Waals surface area contributed by atoms with Gasteiger partial charge in [-0.05, 0) is 6.07 Å². The van der Waals surface area contributed by atoms with Crippen LogP contribution in [-0.4, -0.2) is 23.8 Å². The van der Waals surface area contributed by atoms with Gasteiger partial charge in [0.25, 0.3) is 0 Å². The third-order valence-electron chi connectivity index (χ3n) is 2.37. The van der Waals surface area contributed by atoms with Gasteiger partial charge in [-0.3, -0.25) is 0 Å². The molecule has 0 fully saturated rings. The van der Waals surface area contributed by atoms with Crippen LogP contribution in [0.4, 0.5) is 5.82 Å². The smallest absolute Gasteiger partial charge is 0.231 e. The number of fused-ring (bicyclic) bond motifs is 2. The zero-order chi connectivity index (χ0) is 10.3. The van der Waals surface area contributed by atoms with Gasteiger partial charge >= 0.3 is 0 Å². The average molecular weight is 203 g/mol. The van der Waals surface area contributed by atoms with Crippen LogP contribution in [0.2, 0.25) is 0 Å². The molecule has 0 amide bonds. The molecule has 5 heteroatoms.